The average molecular weight is 388 g/mol. The van der Waals surface area contributed by atoms with E-state index in [0.717, 1.165) is 43.6 Å². The Morgan fingerprint density at radius 3 is 2.85 bits per heavy atom. The van der Waals surface area contributed by atoms with E-state index >= 15 is 0 Å². The molecule has 1 aromatic carbocycles. The number of fused-ring (bicyclic) bond motifs is 1. The summed E-state index contributed by atoms with van der Waals surface area (Å²) < 4.78 is 5.16. The van der Waals surface area contributed by atoms with Crippen LogP contribution in [0, 0.1) is 0 Å². The number of carbonyl (C=O) groups excluding carboxylic acids is 1. The number of carbonyl (C=O) groups is 1. The third-order valence-electron chi connectivity index (χ3n) is 5.11. The third-order valence-corrected chi connectivity index (χ3v) is 5.35. The molecule has 2 aromatic rings. The van der Waals surface area contributed by atoms with Gasteiger partial charge in [-0.3, -0.25) is 4.90 Å². The number of benzene rings is 1. The highest BCUT2D eigenvalue weighted by molar-refractivity contribution is 6.30. The van der Waals surface area contributed by atoms with Gasteiger partial charge in [-0.25, -0.2) is 9.78 Å². The molecule has 3 heterocycles. The fraction of sp³-hybridized carbons (Fsp3) is 0.421. The highest BCUT2D eigenvalue weighted by Gasteiger charge is 2.28. The summed E-state index contributed by atoms with van der Waals surface area (Å²) in [6, 6.07) is 7.54. The molecule has 1 N–H and O–H groups in total. The number of methoxy groups -OCH3 is 1. The molecule has 2 amide bonds. The number of urea groups is 1. The summed E-state index contributed by atoms with van der Waals surface area (Å²) in [6.07, 6.45) is 4.25. The predicted molar refractivity (Wildman–Crippen MR) is 105 cm³/mol. The van der Waals surface area contributed by atoms with E-state index < -0.39 is 0 Å². The van der Waals surface area contributed by atoms with Gasteiger partial charge in [0.25, 0.3) is 0 Å². The second-order valence-corrected chi connectivity index (χ2v) is 7.22. The molecule has 2 aliphatic heterocycles. The van der Waals surface area contributed by atoms with Crippen molar-refractivity contribution in [1.29, 1.82) is 0 Å². The van der Waals surface area contributed by atoms with E-state index in [1.165, 1.54) is 0 Å². The first-order valence-electron chi connectivity index (χ1n) is 9.12. The van der Waals surface area contributed by atoms with Crippen LogP contribution < -0.4 is 19.9 Å². The van der Waals surface area contributed by atoms with Crippen LogP contribution in [0.5, 0.6) is 5.88 Å². The topological polar surface area (TPSA) is 70.6 Å². The van der Waals surface area contributed by atoms with Crippen LogP contribution >= 0.6 is 11.6 Å². The van der Waals surface area contributed by atoms with E-state index in [2.05, 4.69) is 20.2 Å². The Morgan fingerprint density at radius 1 is 1.26 bits per heavy atom. The van der Waals surface area contributed by atoms with E-state index in [0.29, 0.717) is 23.4 Å². The Balaban J connectivity index is 1.34. The molecule has 0 bridgehead atoms. The number of ether oxygens (including phenoxy) is 1. The number of piperidine rings is 1. The van der Waals surface area contributed by atoms with Gasteiger partial charge in [-0.05, 0) is 43.0 Å². The summed E-state index contributed by atoms with van der Waals surface area (Å²) in [4.78, 5) is 25.4. The molecule has 0 spiro atoms. The Morgan fingerprint density at radius 2 is 2.07 bits per heavy atom. The molecular formula is C19H22ClN5O2. The van der Waals surface area contributed by atoms with Crippen molar-refractivity contribution in [1.82, 2.24) is 15.3 Å². The molecule has 8 heteroatoms. The maximum absolute atomic E-state index is 12.7. The number of hydrogen-bond acceptors (Lipinski definition) is 5. The highest BCUT2D eigenvalue weighted by Crippen LogP contribution is 2.30. The minimum Gasteiger partial charge on any atom is -0.481 e. The molecule has 7 nitrogen and oxygen atoms in total. The molecule has 1 aromatic heterocycles. The first kappa shape index (κ1) is 17.9. The molecule has 0 aliphatic carbocycles. The first-order valence-corrected chi connectivity index (χ1v) is 9.50. The maximum Gasteiger partial charge on any atom is 0.322 e. The van der Waals surface area contributed by atoms with E-state index in [1.54, 1.807) is 19.4 Å². The Labute approximate surface area is 163 Å². The molecule has 0 radical (unpaired) electrons. The van der Waals surface area contributed by atoms with Crippen molar-refractivity contribution in [2.45, 2.75) is 25.3 Å². The lowest BCUT2D eigenvalue weighted by atomic mass is 10.1. The molecule has 1 saturated heterocycles. The number of nitrogens with one attached hydrogen (secondary N) is 1. The van der Waals surface area contributed by atoms with Crippen molar-refractivity contribution in [3.8, 4) is 5.88 Å². The van der Waals surface area contributed by atoms with Crippen molar-refractivity contribution in [3.63, 3.8) is 0 Å². The van der Waals surface area contributed by atoms with E-state index in [9.17, 15) is 4.79 Å². The summed E-state index contributed by atoms with van der Waals surface area (Å²) in [5, 5.41) is 3.88. The SMILES string of the molecule is COc1ccnc(N2CCC(NC(=O)N3CCc4cc(Cl)ccc43)CC2)n1. The molecule has 1 fully saturated rings. The average Bonchev–Trinajstić information content (AvgIpc) is 3.11. The van der Waals surface area contributed by atoms with Gasteiger partial charge in [0.2, 0.25) is 11.8 Å². The second-order valence-electron chi connectivity index (χ2n) is 6.78. The van der Waals surface area contributed by atoms with Gasteiger partial charge in [0, 0.05) is 48.6 Å². The smallest absolute Gasteiger partial charge is 0.322 e. The minimum absolute atomic E-state index is 0.0350. The van der Waals surface area contributed by atoms with Crippen molar-refractivity contribution in [2.75, 3.05) is 36.5 Å². The number of hydrogen-bond donors (Lipinski definition) is 1. The van der Waals surface area contributed by atoms with Gasteiger partial charge in [-0.2, -0.15) is 4.98 Å². The van der Waals surface area contributed by atoms with Crippen LogP contribution in [0.3, 0.4) is 0 Å². The minimum atomic E-state index is -0.0350. The normalized spacial score (nSPS) is 17.0. The van der Waals surface area contributed by atoms with E-state index in [4.69, 9.17) is 16.3 Å². The van der Waals surface area contributed by atoms with Crippen LogP contribution in [0.2, 0.25) is 5.02 Å². The monoisotopic (exact) mass is 387 g/mol. The molecule has 0 saturated carbocycles. The van der Waals surface area contributed by atoms with Gasteiger partial charge in [-0.1, -0.05) is 11.6 Å². The fourth-order valence-electron chi connectivity index (χ4n) is 3.66. The Bertz CT molecular complexity index is 839. The zero-order valence-electron chi connectivity index (χ0n) is 15.2. The maximum atomic E-state index is 12.7. The van der Waals surface area contributed by atoms with Gasteiger partial charge in [-0.15, -0.1) is 0 Å². The zero-order valence-corrected chi connectivity index (χ0v) is 15.9. The quantitative estimate of drug-likeness (QED) is 0.876. The molecule has 4 rings (SSSR count). The molecule has 142 valence electrons. The highest BCUT2D eigenvalue weighted by atomic mass is 35.5. The van der Waals surface area contributed by atoms with Crippen LogP contribution in [0.1, 0.15) is 18.4 Å². The third kappa shape index (κ3) is 3.78. The van der Waals surface area contributed by atoms with Gasteiger partial charge in [0.15, 0.2) is 0 Å². The van der Waals surface area contributed by atoms with Crippen molar-refractivity contribution in [2.24, 2.45) is 0 Å². The standard InChI is InChI=1S/C19H22ClN5O2/c1-27-17-4-8-21-18(23-17)24-9-6-15(7-10-24)22-19(26)25-11-5-13-12-14(20)2-3-16(13)25/h2-4,8,12,15H,5-7,9-11H2,1H3,(H,22,26). The number of aromatic nitrogens is 2. The Kier molecular flexibility index (Phi) is 5.03. The second kappa shape index (κ2) is 7.60. The molecular weight excluding hydrogens is 366 g/mol. The lowest BCUT2D eigenvalue weighted by Crippen LogP contribution is -2.49. The Hall–Kier alpha value is -2.54. The first-order chi connectivity index (χ1) is 13.1. The zero-order chi connectivity index (χ0) is 18.8. The number of halogens is 1. The van der Waals surface area contributed by atoms with E-state index in [-0.39, 0.29) is 12.1 Å². The van der Waals surface area contributed by atoms with Gasteiger partial charge < -0.3 is 15.0 Å². The van der Waals surface area contributed by atoms with Crippen LogP contribution in [0.4, 0.5) is 16.4 Å². The summed E-state index contributed by atoms with van der Waals surface area (Å²) in [7, 11) is 1.60. The van der Waals surface area contributed by atoms with Crippen LogP contribution in [-0.4, -0.2) is 48.8 Å². The summed E-state index contributed by atoms with van der Waals surface area (Å²) >= 11 is 6.05. The number of nitrogens with zero attached hydrogens (tertiary/aromatic N) is 4. The number of amides is 2. The molecule has 2 aliphatic rings. The lowest BCUT2D eigenvalue weighted by Gasteiger charge is -2.33. The van der Waals surface area contributed by atoms with Gasteiger partial charge in [0.1, 0.15) is 0 Å². The van der Waals surface area contributed by atoms with Crippen molar-refractivity contribution in [3.05, 3.63) is 41.0 Å². The van der Waals surface area contributed by atoms with E-state index in [1.807, 2.05) is 23.1 Å². The number of rotatable bonds is 3. The summed E-state index contributed by atoms with van der Waals surface area (Å²) in [5.74, 6) is 1.23. The van der Waals surface area contributed by atoms with Crippen LogP contribution in [0.25, 0.3) is 0 Å². The fourth-order valence-corrected chi connectivity index (χ4v) is 3.85. The van der Waals surface area contributed by atoms with Crippen LogP contribution in [-0.2, 0) is 6.42 Å². The van der Waals surface area contributed by atoms with Crippen molar-refractivity contribution >= 4 is 29.3 Å². The van der Waals surface area contributed by atoms with Crippen molar-refractivity contribution < 1.29 is 9.53 Å². The largest absolute Gasteiger partial charge is 0.481 e. The predicted octanol–water partition coefficient (Wildman–Crippen LogP) is 2.88. The van der Waals surface area contributed by atoms with Gasteiger partial charge >= 0.3 is 6.03 Å². The summed E-state index contributed by atoms with van der Waals surface area (Å²) in [6.45, 7) is 2.28. The summed E-state index contributed by atoms with van der Waals surface area (Å²) in [5.41, 5.74) is 2.08. The lowest BCUT2D eigenvalue weighted by molar-refractivity contribution is 0.240. The molecule has 0 unspecified atom stereocenters. The van der Waals surface area contributed by atoms with Crippen LogP contribution in [0.15, 0.2) is 30.5 Å². The van der Waals surface area contributed by atoms with Gasteiger partial charge in [0.05, 0.1) is 7.11 Å². The molecule has 0 atom stereocenters. The number of anilines is 2. The molecule has 27 heavy (non-hydrogen) atoms.